The summed E-state index contributed by atoms with van der Waals surface area (Å²) in [5.74, 6) is -3.52. The van der Waals surface area contributed by atoms with Gasteiger partial charge in [-0.2, -0.15) is 0 Å². The lowest BCUT2D eigenvalue weighted by atomic mass is 9.45. The number of esters is 4. The van der Waals surface area contributed by atoms with Gasteiger partial charge in [0.25, 0.3) is 0 Å². The van der Waals surface area contributed by atoms with E-state index >= 15 is 0 Å². The number of carboxylic acids is 2. The average Bonchev–Trinajstić information content (AvgIpc) is 3.48. The maximum atomic E-state index is 12.0. The zero-order valence-corrected chi connectivity index (χ0v) is 24.5. The third-order valence-electron chi connectivity index (χ3n) is 9.83. The van der Waals surface area contributed by atoms with Crippen LogP contribution in [-0.2, 0) is 23.9 Å². The maximum absolute atomic E-state index is 12.0. The van der Waals surface area contributed by atoms with Gasteiger partial charge in [-0.1, -0.05) is 38.0 Å². The first-order valence-corrected chi connectivity index (χ1v) is 14.3. The summed E-state index contributed by atoms with van der Waals surface area (Å²) in [5.41, 5.74) is 1.43. The molecule has 43 heavy (non-hydrogen) atoms. The van der Waals surface area contributed by atoms with Crippen LogP contribution in [0.5, 0.6) is 0 Å². The van der Waals surface area contributed by atoms with E-state index in [1.165, 1.54) is 25.0 Å². The van der Waals surface area contributed by atoms with Crippen LogP contribution in [0.25, 0.3) is 0 Å². The van der Waals surface area contributed by atoms with Crippen LogP contribution in [0.15, 0.2) is 54.7 Å². The van der Waals surface area contributed by atoms with E-state index in [-0.39, 0.29) is 27.5 Å². The third kappa shape index (κ3) is 6.09. The van der Waals surface area contributed by atoms with Crippen LogP contribution in [0.4, 0.5) is 0 Å². The summed E-state index contributed by atoms with van der Waals surface area (Å²) in [6, 6.07) is 3.65. The Morgan fingerprint density at radius 3 is 2.12 bits per heavy atom. The van der Waals surface area contributed by atoms with Crippen LogP contribution in [0.2, 0.25) is 0 Å². The molecule has 6 rings (SSSR count). The number of hydrogen-bond acceptors (Lipinski definition) is 8. The lowest BCUT2D eigenvalue weighted by Gasteiger charge is -2.59. The Hall–Kier alpha value is -4.34. The molecule has 10 heteroatoms. The molecule has 2 heterocycles. The Morgan fingerprint density at radius 1 is 0.907 bits per heavy atom. The summed E-state index contributed by atoms with van der Waals surface area (Å²) in [6.07, 6.45) is 14.3. The molecule has 0 amide bonds. The van der Waals surface area contributed by atoms with Crippen molar-refractivity contribution in [3.63, 3.8) is 0 Å². The first kappa shape index (κ1) is 31.6. The van der Waals surface area contributed by atoms with Crippen molar-refractivity contribution >= 4 is 35.8 Å². The number of hydrogen-bond donors (Lipinski definition) is 2. The lowest BCUT2D eigenvalue weighted by molar-refractivity contribution is -0.164. The maximum Gasteiger partial charge on any atom is 0.346 e. The normalized spacial score (nSPS) is 31.8. The second-order valence-corrected chi connectivity index (χ2v) is 12.5. The molecule has 2 fully saturated rings. The summed E-state index contributed by atoms with van der Waals surface area (Å²) >= 11 is 0. The highest BCUT2D eigenvalue weighted by molar-refractivity contribution is 6.15. The molecule has 2 N–H and O–H groups in total. The molecular formula is C33H36O10. The lowest BCUT2D eigenvalue weighted by Crippen LogP contribution is -2.54. The average molecular weight is 593 g/mol. The van der Waals surface area contributed by atoms with Gasteiger partial charge in [-0.3, -0.25) is 4.79 Å². The van der Waals surface area contributed by atoms with Crippen molar-refractivity contribution in [1.82, 2.24) is 0 Å². The fourth-order valence-electron chi connectivity index (χ4n) is 7.46. The largest absolute Gasteiger partial charge is 0.481 e. The molecule has 5 aliphatic rings. The van der Waals surface area contributed by atoms with Gasteiger partial charge < -0.3 is 19.7 Å². The predicted molar refractivity (Wildman–Crippen MR) is 153 cm³/mol. The van der Waals surface area contributed by atoms with E-state index in [9.17, 15) is 33.9 Å². The molecule has 1 aromatic rings. The smallest absolute Gasteiger partial charge is 0.346 e. The standard InChI is InChI=1S/C20H30O2.C9H4O5.C4H2O3/c1-5-18(2)12-9-15-14(13-18)7-8-16-19(15,3)10-6-11-20(16,4)17(21)22;10-7(11)4-1-2-5-6(3-4)9(13)14-8(5)12;5-3-1-2-4(6)7-3/h5,13,15-16H,1,6-12H2,2-4H3,(H,21,22);1-3H,(H,10,11);1-2H/t15-,16?,18+,19+,20+;;/m0../s1. The third-order valence-corrected chi connectivity index (χ3v) is 9.83. The molecule has 2 aliphatic heterocycles. The quantitative estimate of drug-likeness (QED) is 0.259. The van der Waals surface area contributed by atoms with Gasteiger partial charge >= 0.3 is 35.8 Å². The Balaban J connectivity index is 0.000000171. The van der Waals surface area contributed by atoms with Crippen LogP contribution >= 0.6 is 0 Å². The molecule has 10 nitrogen and oxygen atoms in total. The fraction of sp³-hybridized carbons (Fsp3) is 0.455. The second kappa shape index (κ2) is 11.7. The van der Waals surface area contributed by atoms with E-state index in [1.54, 1.807) is 5.57 Å². The summed E-state index contributed by atoms with van der Waals surface area (Å²) < 4.78 is 8.27. The van der Waals surface area contributed by atoms with Gasteiger partial charge in [0.05, 0.1) is 22.1 Å². The van der Waals surface area contributed by atoms with Gasteiger partial charge in [-0.15, -0.1) is 6.58 Å². The number of aromatic carboxylic acids is 1. The number of carboxylic acid groups (broad SMARTS) is 2. The summed E-state index contributed by atoms with van der Waals surface area (Å²) in [6.45, 7) is 10.7. The van der Waals surface area contributed by atoms with Crippen LogP contribution < -0.4 is 0 Å². The molecule has 1 aromatic carbocycles. The summed E-state index contributed by atoms with van der Waals surface area (Å²) in [7, 11) is 0. The molecule has 2 saturated carbocycles. The molecule has 0 spiro atoms. The van der Waals surface area contributed by atoms with Gasteiger partial charge in [-0.05, 0) is 80.9 Å². The monoisotopic (exact) mass is 592 g/mol. The minimum Gasteiger partial charge on any atom is -0.481 e. The number of ether oxygens (including phenoxy) is 2. The number of benzene rings is 1. The first-order chi connectivity index (χ1) is 20.1. The van der Waals surface area contributed by atoms with E-state index in [2.05, 4.69) is 42.1 Å². The number of cyclic esters (lactones) is 4. The number of fused-ring (bicyclic) bond motifs is 4. The van der Waals surface area contributed by atoms with Crippen molar-refractivity contribution in [2.24, 2.45) is 28.1 Å². The first-order valence-electron chi connectivity index (χ1n) is 14.3. The predicted octanol–water partition coefficient (Wildman–Crippen LogP) is 5.53. The summed E-state index contributed by atoms with van der Waals surface area (Å²) in [4.78, 5) is 64.3. The van der Waals surface area contributed by atoms with Crippen molar-refractivity contribution < 1.29 is 48.5 Å². The van der Waals surface area contributed by atoms with Crippen LogP contribution in [0.1, 0.15) is 96.8 Å². The van der Waals surface area contributed by atoms with E-state index in [0.29, 0.717) is 11.8 Å². The highest BCUT2D eigenvalue weighted by atomic mass is 16.6. The Labute approximate surface area is 249 Å². The van der Waals surface area contributed by atoms with Crippen LogP contribution in [0, 0.1) is 28.1 Å². The highest BCUT2D eigenvalue weighted by Crippen LogP contribution is 2.64. The highest BCUT2D eigenvalue weighted by Gasteiger charge is 2.58. The number of carbonyl (C=O) groups is 6. The van der Waals surface area contributed by atoms with Gasteiger partial charge in [0.2, 0.25) is 0 Å². The fourth-order valence-corrected chi connectivity index (χ4v) is 7.46. The van der Waals surface area contributed by atoms with E-state index < -0.39 is 41.2 Å². The van der Waals surface area contributed by atoms with Crippen molar-refractivity contribution in [2.75, 3.05) is 0 Å². The van der Waals surface area contributed by atoms with E-state index in [1.807, 2.05) is 6.92 Å². The van der Waals surface area contributed by atoms with Gasteiger partial charge in [0.1, 0.15) is 0 Å². The molecule has 228 valence electrons. The van der Waals surface area contributed by atoms with Crippen LogP contribution in [-0.4, -0.2) is 46.0 Å². The van der Waals surface area contributed by atoms with Crippen molar-refractivity contribution in [2.45, 2.75) is 65.7 Å². The summed E-state index contributed by atoms with van der Waals surface area (Å²) in [5, 5.41) is 18.5. The minimum atomic E-state index is -1.15. The minimum absolute atomic E-state index is 0.00917. The van der Waals surface area contributed by atoms with E-state index in [0.717, 1.165) is 50.3 Å². The zero-order valence-electron chi connectivity index (χ0n) is 24.5. The molecule has 0 aromatic heterocycles. The second-order valence-electron chi connectivity index (χ2n) is 12.5. The Morgan fingerprint density at radius 2 is 1.56 bits per heavy atom. The number of rotatable bonds is 3. The van der Waals surface area contributed by atoms with Crippen molar-refractivity contribution in [1.29, 1.82) is 0 Å². The van der Waals surface area contributed by atoms with Gasteiger partial charge in [0, 0.05) is 17.6 Å². The Kier molecular flexibility index (Phi) is 8.63. The van der Waals surface area contributed by atoms with Crippen molar-refractivity contribution in [3.05, 3.63) is 71.3 Å². The molecule has 0 radical (unpaired) electrons. The van der Waals surface area contributed by atoms with E-state index in [4.69, 9.17) is 5.11 Å². The molecule has 3 aliphatic carbocycles. The topological polar surface area (TPSA) is 161 Å². The molecular weight excluding hydrogens is 556 g/mol. The zero-order chi connectivity index (χ0) is 31.7. The van der Waals surface area contributed by atoms with Gasteiger partial charge in [0.15, 0.2) is 0 Å². The SMILES string of the molecule is C=C[C@@]1(C)C=C2CCC3[C@](C)(C(=O)O)CCC[C@]3(C)[C@H]2CC1.O=C(O)c1ccc2c(c1)C(=O)OC2=O.O=C1C=CC(=O)O1. The molecule has 1 unspecified atom stereocenters. The van der Waals surface area contributed by atoms with Gasteiger partial charge in [-0.25, -0.2) is 24.0 Å². The number of aliphatic carboxylic acids is 1. The number of allylic oxidation sites excluding steroid dienone is 3. The molecule has 5 atom stereocenters. The van der Waals surface area contributed by atoms with Crippen LogP contribution in [0.3, 0.4) is 0 Å². The molecule has 0 bridgehead atoms. The van der Waals surface area contributed by atoms with Crippen molar-refractivity contribution in [3.8, 4) is 0 Å². The molecule has 0 saturated heterocycles. The number of carbonyl (C=O) groups excluding carboxylic acids is 4. The Bertz CT molecular complexity index is 1450.